The van der Waals surface area contributed by atoms with E-state index >= 15 is 0 Å². The van der Waals surface area contributed by atoms with Crippen LogP contribution >= 0.6 is 0 Å². The van der Waals surface area contributed by atoms with E-state index in [1.54, 1.807) is 12.1 Å². The van der Waals surface area contributed by atoms with Gasteiger partial charge in [0.1, 0.15) is 0 Å². The van der Waals surface area contributed by atoms with Crippen molar-refractivity contribution in [3.8, 4) is 11.1 Å². The number of benzene rings is 5. The first-order valence-corrected chi connectivity index (χ1v) is 19.6. The molecule has 4 atom stereocenters. The highest BCUT2D eigenvalue weighted by molar-refractivity contribution is 5.93. The minimum Gasteiger partial charge on any atom is -0.397 e. The van der Waals surface area contributed by atoms with Crippen molar-refractivity contribution >= 4 is 23.2 Å². The number of nitrogens with one attached hydrogen (secondary N) is 2. The number of likely N-dealkylation sites (N-methyl/N-ethyl adjacent to an activating group) is 1. The number of amides is 2. The van der Waals surface area contributed by atoms with Gasteiger partial charge in [0.2, 0.25) is 11.8 Å². The molecule has 0 aliphatic carbocycles. The largest absolute Gasteiger partial charge is 0.397 e. The van der Waals surface area contributed by atoms with Crippen LogP contribution in [0.4, 0.5) is 11.4 Å². The van der Waals surface area contributed by atoms with Gasteiger partial charge in [-0.15, -0.1) is 0 Å². The van der Waals surface area contributed by atoms with E-state index in [0.717, 1.165) is 46.3 Å². The standard InChI is InChI=1S/C47H54N4O5/c1-33(35-13-5-3-6-14-35)51(2)31-40-29-44(37-23-21-34(32-52)22-24-37)56-47(55-40)38-27-25-36(26-28-38)41-16-10-9-15-39(41)30-49-45(53)19-7-4-8-20-46(54)50-43-18-12-11-17-42(43)48/h3,5-6,9-18,21-28,33,40,44,47,52H,4,7-8,19-20,29-32,48H2,1-2H3,(H,49,53)(H,50,54)/t33-,40-,44+,47+/m0/s1. The molecule has 1 aliphatic heterocycles. The van der Waals surface area contributed by atoms with Crippen LogP contribution in [0.5, 0.6) is 0 Å². The van der Waals surface area contributed by atoms with Gasteiger partial charge in [-0.25, -0.2) is 0 Å². The van der Waals surface area contributed by atoms with Gasteiger partial charge in [-0.05, 0) is 72.3 Å². The smallest absolute Gasteiger partial charge is 0.224 e. The van der Waals surface area contributed by atoms with Crippen LogP contribution in [0.1, 0.15) is 91.7 Å². The minimum atomic E-state index is -0.558. The lowest BCUT2D eigenvalue weighted by Crippen LogP contribution is -2.38. The number of nitrogens with two attached hydrogens (primary N) is 1. The Bertz CT molecular complexity index is 2000. The number of anilines is 2. The number of hydrogen-bond acceptors (Lipinski definition) is 7. The Hall–Kier alpha value is -5.32. The van der Waals surface area contributed by atoms with E-state index in [2.05, 4.69) is 84.1 Å². The Morgan fingerprint density at radius 2 is 1.45 bits per heavy atom. The summed E-state index contributed by atoms with van der Waals surface area (Å²) in [7, 11) is 2.14. The van der Waals surface area contributed by atoms with Crippen LogP contribution in [0.3, 0.4) is 0 Å². The zero-order valence-corrected chi connectivity index (χ0v) is 32.4. The van der Waals surface area contributed by atoms with Gasteiger partial charge >= 0.3 is 0 Å². The first kappa shape index (κ1) is 40.3. The van der Waals surface area contributed by atoms with E-state index in [0.29, 0.717) is 50.0 Å². The quantitative estimate of drug-likeness (QED) is 0.0552. The summed E-state index contributed by atoms with van der Waals surface area (Å²) in [5.41, 5.74) is 14.3. The molecule has 1 fully saturated rings. The number of nitrogens with zero attached hydrogens (tertiary/aromatic N) is 1. The van der Waals surface area contributed by atoms with Crippen LogP contribution in [-0.2, 0) is 32.2 Å². The fourth-order valence-corrected chi connectivity index (χ4v) is 7.13. The highest BCUT2D eigenvalue weighted by Gasteiger charge is 2.33. The number of carbonyl (C=O) groups is 2. The number of ether oxygens (including phenoxy) is 2. The highest BCUT2D eigenvalue weighted by Crippen LogP contribution is 2.39. The van der Waals surface area contributed by atoms with Gasteiger partial charge in [0.05, 0.1) is 30.2 Å². The molecule has 9 heteroatoms. The first-order chi connectivity index (χ1) is 27.3. The van der Waals surface area contributed by atoms with Gasteiger partial charge in [0.15, 0.2) is 6.29 Å². The molecule has 292 valence electrons. The molecule has 0 spiro atoms. The van der Waals surface area contributed by atoms with Crippen LogP contribution in [0, 0.1) is 0 Å². The number of carbonyl (C=O) groups excluding carboxylic acids is 2. The van der Waals surface area contributed by atoms with Crippen LogP contribution < -0.4 is 16.4 Å². The predicted molar refractivity (Wildman–Crippen MR) is 222 cm³/mol. The second-order valence-corrected chi connectivity index (χ2v) is 14.6. The van der Waals surface area contributed by atoms with Crippen molar-refractivity contribution < 1.29 is 24.2 Å². The van der Waals surface area contributed by atoms with Crippen molar-refractivity contribution in [2.75, 3.05) is 24.6 Å². The van der Waals surface area contributed by atoms with Crippen LogP contribution in [0.25, 0.3) is 11.1 Å². The molecular formula is C47H54N4O5. The number of unbranched alkanes of at least 4 members (excludes halogenated alkanes) is 2. The number of nitrogen functional groups attached to an aromatic ring is 1. The molecule has 0 radical (unpaired) electrons. The third-order valence-corrected chi connectivity index (χ3v) is 10.6. The van der Waals surface area contributed by atoms with Gasteiger partial charge in [-0.3, -0.25) is 14.5 Å². The van der Waals surface area contributed by atoms with Crippen molar-refractivity contribution in [1.82, 2.24) is 10.2 Å². The molecule has 0 bridgehead atoms. The Morgan fingerprint density at radius 3 is 2.18 bits per heavy atom. The summed E-state index contributed by atoms with van der Waals surface area (Å²) in [6.07, 6.45) is 2.88. The molecule has 2 amide bonds. The summed E-state index contributed by atoms with van der Waals surface area (Å²) in [4.78, 5) is 27.4. The molecule has 9 nitrogen and oxygen atoms in total. The van der Waals surface area contributed by atoms with Gasteiger partial charge in [-0.2, -0.15) is 0 Å². The van der Waals surface area contributed by atoms with Crippen molar-refractivity contribution in [3.63, 3.8) is 0 Å². The molecule has 0 unspecified atom stereocenters. The molecule has 56 heavy (non-hydrogen) atoms. The zero-order valence-electron chi connectivity index (χ0n) is 32.4. The van der Waals surface area contributed by atoms with Crippen LogP contribution in [-0.4, -0.2) is 41.5 Å². The number of hydrogen-bond donors (Lipinski definition) is 4. The summed E-state index contributed by atoms with van der Waals surface area (Å²) < 4.78 is 13.3. The average Bonchev–Trinajstić information content (AvgIpc) is 3.23. The molecule has 5 aromatic rings. The van der Waals surface area contributed by atoms with E-state index in [-0.39, 0.29) is 36.7 Å². The summed E-state index contributed by atoms with van der Waals surface area (Å²) in [5, 5.41) is 15.5. The molecule has 1 heterocycles. The first-order valence-electron chi connectivity index (χ1n) is 19.6. The summed E-state index contributed by atoms with van der Waals surface area (Å²) in [5.74, 6) is -0.0893. The number of aliphatic hydroxyl groups excluding tert-OH is 1. The van der Waals surface area contributed by atoms with E-state index in [1.807, 2.05) is 60.7 Å². The second kappa shape index (κ2) is 20.0. The average molecular weight is 755 g/mol. The maximum Gasteiger partial charge on any atom is 0.224 e. The zero-order chi connectivity index (χ0) is 39.3. The molecule has 6 rings (SSSR count). The summed E-state index contributed by atoms with van der Waals surface area (Å²) >= 11 is 0. The molecule has 5 N–H and O–H groups in total. The predicted octanol–water partition coefficient (Wildman–Crippen LogP) is 8.87. The van der Waals surface area contributed by atoms with E-state index in [9.17, 15) is 14.7 Å². The Balaban J connectivity index is 1.04. The number of aliphatic hydroxyl groups is 1. The van der Waals surface area contributed by atoms with Crippen molar-refractivity contribution in [3.05, 3.63) is 155 Å². The Morgan fingerprint density at radius 1 is 0.786 bits per heavy atom. The summed E-state index contributed by atoms with van der Waals surface area (Å²) in [6, 6.07) is 42.3. The van der Waals surface area contributed by atoms with E-state index in [4.69, 9.17) is 15.2 Å². The van der Waals surface area contributed by atoms with Gasteiger partial charge in [0.25, 0.3) is 0 Å². The van der Waals surface area contributed by atoms with Crippen molar-refractivity contribution in [2.24, 2.45) is 0 Å². The van der Waals surface area contributed by atoms with E-state index < -0.39 is 6.29 Å². The van der Waals surface area contributed by atoms with Crippen molar-refractivity contribution in [2.45, 2.75) is 83.1 Å². The molecular weight excluding hydrogens is 701 g/mol. The molecule has 0 saturated carbocycles. The Labute approximate surface area is 330 Å². The second-order valence-electron chi connectivity index (χ2n) is 14.6. The van der Waals surface area contributed by atoms with Gasteiger partial charge in [0, 0.05) is 44.0 Å². The lowest BCUT2D eigenvalue weighted by atomic mass is 9.97. The number of para-hydroxylation sites is 2. The fraction of sp³-hybridized carbons (Fsp3) is 0.319. The maximum absolute atomic E-state index is 12.8. The molecule has 0 aromatic heterocycles. The third kappa shape index (κ3) is 11.1. The highest BCUT2D eigenvalue weighted by atomic mass is 16.7. The monoisotopic (exact) mass is 754 g/mol. The fourth-order valence-electron chi connectivity index (χ4n) is 7.13. The topological polar surface area (TPSA) is 126 Å². The third-order valence-electron chi connectivity index (χ3n) is 10.6. The maximum atomic E-state index is 12.8. The number of rotatable bonds is 17. The van der Waals surface area contributed by atoms with Crippen LogP contribution in [0.15, 0.2) is 127 Å². The molecule has 5 aromatic carbocycles. The van der Waals surface area contributed by atoms with Crippen molar-refractivity contribution in [1.29, 1.82) is 0 Å². The lowest BCUT2D eigenvalue weighted by molar-refractivity contribution is -0.253. The SMILES string of the molecule is C[C@@H](c1ccccc1)N(C)C[C@@H]1C[C@H](c2ccc(CO)cc2)O[C@H](c2ccc(-c3ccccc3CNC(=O)CCCCCC(=O)Nc3ccccc3N)cc2)O1. The van der Waals surface area contributed by atoms with E-state index in [1.165, 1.54) is 5.56 Å². The molecule has 1 saturated heterocycles. The van der Waals surface area contributed by atoms with Gasteiger partial charge < -0.3 is 30.9 Å². The van der Waals surface area contributed by atoms with Crippen LogP contribution in [0.2, 0.25) is 0 Å². The minimum absolute atomic E-state index is 0.000254. The summed E-state index contributed by atoms with van der Waals surface area (Å²) in [6.45, 7) is 3.37. The normalized spacial score (nSPS) is 17.3. The Kier molecular flexibility index (Phi) is 14.4. The lowest BCUT2D eigenvalue weighted by Gasteiger charge is -2.39. The van der Waals surface area contributed by atoms with Gasteiger partial charge in [-0.1, -0.05) is 122 Å². The molecule has 1 aliphatic rings.